The maximum atomic E-state index is 10.9. The second-order valence-electron chi connectivity index (χ2n) is 6.20. The SMILES string of the molecule is CCCCCCCCN(CCCO)CCCCCC(C)=O. The first-order valence-corrected chi connectivity index (χ1v) is 9.03. The molecule has 0 atom stereocenters. The van der Waals surface area contributed by atoms with Crippen molar-refractivity contribution in [2.45, 2.75) is 84.5 Å². The average molecular weight is 299 g/mol. The van der Waals surface area contributed by atoms with Crippen LogP contribution in [0.1, 0.15) is 84.5 Å². The molecule has 0 spiro atoms. The van der Waals surface area contributed by atoms with Gasteiger partial charge in [0.15, 0.2) is 0 Å². The van der Waals surface area contributed by atoms with Crippen LogP contribution in [0.4, 0.5) is 0 Å². The molecule has 0 amide bonds. The van der Waals surface area contributed by atoms with Gasteiger partial charge in [-0.05, 0) is 45.7 Å². The molecule has 21 heavy (non-hydrogen) atoms. The Morgan fingerprint density at radius 2 is 1.33 bits per heavy atom. The van der Waals surface area contributed by atoms with E-state index in [1.807, 2.05) is 0 Å². The molecule has 0 saturated heterocycles. The summed E-state index contributed by atoms with van der Waals surface area (Å²) in [6, 6.07) is 0. The summed E-state index contributed by atoms with van der Waals surface area (Å²) in [5.74, 6) is 0.305. The minimum Gasteiger partial charge on any atom is -0.396 e. The second kappa shape index (κ2) is 16.0. The first kappa shape index (κ1) is 20.6. The van der Waals surface area contributed by atoms with E-state index in [9.17, 15) is 4.79 Å². The van der Waals surface area contributed by atoms with E-state index in [1.54, 1.807) is 6.92 Å². The molecule has 0 bridgehead atoms. The fraction of sp³-hybridized carbons (Fsp3) is 0.944. The average Bonchev–Trinajstić information content (AvgIpc) is 2.46. The van der Waals surface area contributed by atoms with Gasteiger partial charge in [-0.2, -0.15) is 0 Å². The Balaban J connectivity index is 3.63. The van der Waals surface area contributed by atoms with Crippen molar-refractivity contribution in [1.82, 2.24) is 4.90 Å². The highest BCUT2D eigenvalue weighted by Crippen LogP contribution is 2.08. The van der Waals surface area contributed by atoms with Gasteiger partial charge in [0.2, 0.25) is 0 Å². The van der Waals surface area contributed by atoms with Crippen LogP contribution in [0.25, 0.3) is 0 Å². The Morgan fingerprint density at radius 1 is 0.810 bits per heavy atom. The van der Waals surface area contributed by atoms with Gasteiger partial charge in [0.25, 0.3) is 0 Å². The predicted octanol–water partition coefficient (Wildman–Crippen LogP) is 4.18. The highest BCUT2D eigenvalue weighted by molar-refractivity contribution is 5.75. The molecule has 0 aromatic heterocycles. The van der Waals surface area contributed by atoms with E-state index in [2.05, 4.69) is 11.8 Å². The molecular formula is C18H37NO2. The van der Waals surface area contributed by atoms with Crippen LogP contribution in [-0.2, 0) is 4.79 Å². The lowest BCUT2D eigenvalue weighted by atomic mass is 10.1. The standard InChI is InChI=1S/C18H37NO2/c1-3-4-5-6-7-10-14-19(16-12-17-20)15-11-8-9-13-18(2)21/h20H,3-17H2,1-2H3. The lowest BCUT2D eigenvalue weighted by Crippen LogP contribution is -2.28. The van der Waals surface area contributed by atoms with E-state index in [-0.39, 0.29) is 6.61 Å². The number of aliphatic hydroxyl groups excluding tert-OH is 1. The van der Waals surface area contributed by atoms with E-state index in [4.69, 9.17) is 5.11 Å². The summed E-state index contributed by atoms with van der Waals surface area (Å²) in [7, 11) is 0. The number of carbonyl (C=O) groups is 1. The normalized spacial score (nSPS) is 11.2. The van der Waals surface area contributed by atoms with Crippen molar-refractivity contribution >= 4 is 5.78 Å². The fourth-order valence-corrected chi connectivity index (χ4v) is 2.63. The number of hydrogen-bond donors (Lipinski definition) is 1. The lowest BCUT2D eigenvalue weighted by molar-refractivity contribution is -0.117. The molecular weight excluding hydrogens is 262 g/mol. The Kier molecular flexibility index (Phi) is 15.7. The third kappa shape index (κ3) is 15.8. The molecule has 0 aliphatic rings. The highest BCUT2D eigenvalue weighted by atomic mass is 16.3. The summed E-state index contributed by atoms with van der Waals surface area (Å²) in [4.78, 5) is 13.4. The van der Waals surface area contributed by atoms with Crippen molar-refractivity contribution in [1.29, 1.82) is 0 Å². The number of nitrogens with zero attached hydrogens (tertiary/aromatic N) is 1. The smallest absolute Gasteiger partial charge is 0.129 e. The van der Waals surface area contributed by atoms with Gasteiger partial charge in [0, 0.05) is 19.6 Å². The Bertz CT molecular complexity index is 231. The van der Waals surface area contributed by atoms with Crippen LogP contribution in [0, 0.1) is 0 Å². The molecule has 3 nitrogen and oxygen atoms in total. The maximum absolute atomic E-state index is 10.9. The molecule has 0 aromatic carbocycles. The van der Waals surface area contributed by atoms with Crippen molar-refractivity contribution in [2.75, 3.05) is 26.2 Å². The quantitative estimate of drug-likeness (QED) is 0.435. The minimum absolute atomic E-state index is 0.289. The van der Waals surface area contributed by atoms with Crippen LogP contribution in [-0.4, -0.2) is 42.0 Å². The zero-order chi connectivity index (χ0) is 15.8. The summed E-state index contributed by atoms with van der Waals surface area (Å²) in [6.07, 6.45) is 13.0. The fourth-order valence-electron chi connectivity index (χ4n) is 2.63. The van der Waals surface area contributed by atoms with E-state index in [0.29, 0.717) is 5.78 Å². The van der Waals surface area contributed by atoms with Crippen molar-refractivity contribution in [3.8, 4) is 0 Å². The van der Waals surface area contributed by atoms with Crippen molar-refractivity contribution in [3.63, 3.8) is 0 Å². The van der Waals surface area contributed by atoms with E-state index in [0.717, 1.165) is 38.8 Å². The van der Waals surface area contributed by atoms with E-state index < -0.39 is 0 Å². The molecule has 0 aliphatic heterocycles. The van der Waals surface area contributed by atoms with Crippen molar-refractivity contribution in [3.05, 3.63) is 0 Å². The molecule has 0 aliphatic carbocycles. The molecule has 3 heteroatoms. The summed E-state index contributed by atoms with van der Waals surface area (Å²) in [5, 5.41) is 8.99. The Morgan fingerprint density at radius 3 is 1.90 bits per heavy atom. The summed E-state index contributed by atoms with van der Waals surface area (Å²) in [5.41, 5.74) is 0. The van der Waals surface area contributed by atoms with Crippen LogP contribution in [0.3, 0.4) is 0 Å². The van der Waals surface area contributed by atoms with E-state index in [1.165, 1.54) is 51.5 Å². The van der Waals surface area contributed by atoms with Gasteiger partial charge in [-0.3, -0.25) is 0 Å². The monoisotopic (exact) mass is 299 g/mol. The zero-order valence-electron chi connectivity index (χ0n) is 14.4. The molecule has 1 N–H and O–H groups in total. The molecule has 0 unspecified atom stereocenters. The number of hydrogen-bond acceptors (Lipinski definition) is 3. The van der Waals surface area contributed by atoms with Crippen molar-refractivity contribution < 1.29 is 9.90 Å². The molecule has 0 radical (unpaired) electrons. The molecule has 0 rings (SSSR count). The Hall–Kier alpha value is -0.410. The van der Waals surface area contributed by atoms with Gasteiger partial charge in [0.1, 0.15) is 5.78 Å². The highest BCUT2D eigenvalue weighted by Gasteiger charge is 2.04. The van der Waals surface area contributed by atoms with Crippen LogP contribution in [0.15, 0.2) is 0 Å². The number of Topliss-reactive ketones (excluding diaryl/α,β-unsaturated/α-hetero) is 1. The number of aliphatic hydroxyl groups is 1. The van der Waals surface area contributed by atoms with Gasteiger partial charge >= 0.3 is 0 Å². The van der Waals surface area contributed by atoms with E-state index >= 15 is 0 Å². The third-order valence-corrected chi connectivity index (χ3v) is 3.96. The first-order valence-electron chi connectivity index (χ1n) is 9.03. The Labute approximate surface area is 132 Å². The van der Waals surface area contributed by atoms with Crippen LogP contribution in [0.2, 0.25) is 0 Å². The van der Waals surface area contributed by atoms with Gasteiger partial charge in [0.05, 0.1) is 0 Å². The number of carbonyl (C=O) groups excluding carboxylic acids is 1. The second-order valence-corrected chi connectivity index (χ2v) is 6.20. The van der Waals surface area contributed by atoms with Crippen LogP contribution in [0.5, 0.6) is 0 Å². The summed E-state index contributed by atoms with van der Waals surface area (Å²) < 4.78 is 0. The first-order chi connectivity index (χ1) is 10.2. The summed E-state index contributed by atoms with van der Waals surface area (Å²) in [6.45, 7) is 7.51. The van der Waals surface area contributed by atoms with Gasteiger partial charge < -0.3 is 14.8 Å². The van der Waals surface area contributed by atoms with Crippen LogP contribution >= 0.6 is 0 Å². The summed E-state index contributed by atoms with van der Waals surface area (Å²) >= 11 is 0. The largest absolute Gasteiger partial charge is 0.396 e. The third-order valence-electron chi connectivity index (χ3n) is 3.96. The van der Waals surface area contributed by atoms with Gasteiger partial charge in [-0.15, -0.1) is 0 Å². The minimum atomic E-state index is 0.289. The topological polar surface area (TPSA) is 40.5 Å². The zero-order valence-corrected chi connectivity index (χ0v) is 14.4. The number of ketones is 1. The van der Waals surface area contributed by atoms with Gasteiger partial charge in [-0.1, -0.05) is 45.4 Å². The number of unbranched alkanes of at least 4 members (excludes halogenated alkanes) is 7. The van der Waals surface area contributed by atoms with Crippen LogP contribution < -0.4 is 0 Å². The lowest BCUT2D eigenvalue weighted by Gasteiger charge is -2.22. The molecule has 0 aromatic rings. The maximum Gasteiger partial charge on any atom is 0.129 e. The predicted molar refractivity (Wildman–Crippen MR) is 90.7 cm³/mol. The molecule has 126 valence electrons. The molecule has 0 saturated carbocycles. The van der Waals surface area contributed by atoms with Crippen molar-refractivity contribution in [2.24, 2.45) is 0 Å². The van der Waals surface area contributed by atoms with Gasteiger partial charge in [-0.25, -0.2) is 0 Å². The molecule has 0 fully saturated rings. The molecule has 0 heterocycles. The number of rotatable bonds is 16.